The third kappa shape index (κ3) is 3.55. The first kappa shape index (κ1) is 15.6. The van der Waals surface area contributed by atoms with E-state index in [1.165, 1.54) is 0 Å². The summed E-state index contributed by atoms with van der Waals surface area (Å²) in [5.41, 5.74) is 8.35. The summed E-state index contributed by atoms with van der Waals surface area (Å²) in [6.07, 6.45) is 6.80. The highest BCUT2D eigenvalue weighted by Crippen LogP contribution is 2.21. The van der Waals surface area contributed by atoms with Crippen LogP contribution >= 0.6 is 0 Å². The number of ether oxygens (including phenoxy) is 1. The van der Waals surface area contributed by atoms with Crippen molar-refractivity contribution >= 4 is 5.91 Å². The first-order valence-corrected chi connectivity index (χ1v) is 7.38. The number of rotatable bonds is 5. The van der Waals surface area contributed by atoms with Gasteiger partial charge in [-0.15, -0.1) is 0 Å². The first-order chi connectivity index (χ1) is 11.6. The largest absolute Gasteiger partial charge is 0.489 e. The molecule has 0 aliphatic heterocycles. The van der Waals surface area contributed by atoms with Crippen LogP contribution in [0, 0.1) is 6.92 Å². The maximum Gasteiger partial charge on any atom is 0.248 e. The molecule has 0 radical (unpaired) electrons. The predicted molar refractivity (Wildman–Crippen MR) is 89.3 cm³/mol. The van der Waals surface area contributed by atoms with Crippen LogP contribution in [0.5, 0.6) is 5.75 Å². The molecule has 6 nitrogen and oxygen atoms in total. The second kappa shape index (κ2) is 6.87. The van der Waals surface area contributed by atoms with Gasteiger partial charge in [-0.25, -0.2) is 9.97 Å². The highest BCUT2D eigenvalue weighted by Gasteiger charge is 2.07. The number of nitrogens with two attached hydrogens (primary N) is 1. The van der Waals surface area contributed by atoms with Crippen LogP contribution in [0.4, 0.5) is 0 Å². The van der Waals surface area contributed by atoms with E-state index in [1.54, 1.807) is 43.0 Å². The number of primary amides is 1. The number of carbonyl (C=O) groups excluding carboxylic acids is 1. The van der Waals surface area contributed by atoms with Crippen LogP contribution in [0.15, 0.2) is 55.1 Å². The van der Waals surface area contributed by atoms with Gasteiger partial charge < -0.3 is 10.5 Å². The monoisotopic (exact) mass is 320 g/mol. The number of aromatic nitrogens is 3. The molecule has 1 amide bonds. The molecule has 0 aliphatic rings. The SMILES string of the molecule is Cc1ccc(C(N)=O)cc1OCc1cncc(-c2ncccn2)c1. The number of nitrogens with zero attached hydrogens (tertiary/aromatic N) is 3. The molecule has 0 unspecified atom stereocenters. The van der Waals surface area contributed by atoms with Crippen molar-refractivity contribution in [3.63, 3.8) is 0 Å². The number of carbonyl (C=O) groups is 1. The van der Waals surface area contributed by atoms with Gasteiger partial charge in [-0.05, 0) is 36.8 Å². The molecule has 0 aliphatic carbocycles. The van der Waals surface area contributed by atoms with Gasteiger partial charge in [0.15, 0.2) is 5.82 Å². The van der Waals surface area contributed by atoms with E-state index < -0.39 is 5.91 Å². The molecule has 0 saturated heterocycles. The molecule has 0 spiro atoms. The Morgan fingerprint density at radius 2 is 1.96 bits per heavy atom. The quantitative estimate of drug-likeness (QED) is 0.780. The summed E-state index contributed by atoms with van der Waals surface area (Å²) in [5.74, 6) is 0.746. The summed E-state index contributed by atoms with van der Waals surface area (Å²) in [4.78, 5) is 23.9. The van der Waals surface area contributed by atoms with Gasteiger partial charge in [-0.1, -0.05) is 6.07 Å². The molecule has 3 aromatic rings. The van der Waals surface area contributed by atoms with Crippen LogP contribution in [-0.2, 0) is 6.61 Å². The van der Waals surface area contributed by atoms with Crippen molar-refractivity contribution < 1.29 is 9.53 Å². The fourth-order valence-corrected chi connectivity index (χ4v) is 2.21. The van der Waals surface area contributed by atoms with Gasteiger partial charge in [0.1, 0.15) is 12.4 Å². The van der Waals surface area contributed by atoms with Crippen molar-refractivity contribution in [1.29, 1.82) is 0 Å². The van der Waals surface area contributed by atoms with E-state index in [9.17, 15) is 4.79 Å². The number of benzene rings is 1. The molecule has 3 rings (SSSR count). The first-order valence-electron chi connectivity index (χ1n) is 7.38. The Morgan fingerprint density at radius 3 is 2.71 bits per heavy atom. The minimum absolute atomic E-state index is 0.316. The van der Waals surface area contributed by atoms with Crippen LogP contribution in [-0.4, -0.2) is 20.9 Å². The topological polar surface area (TPSA) is 91.0 Å². The Kier molecular flexibility index (Phi) is 4.47. The zero-order chi connectivity index (χ0) is 16.9. The van der Waals surface area contributed by atoms with E-state index >= 15 is 0 Å². The van der Waals surface area contributed by atoms with Crippen LogP contribution in [0.1, 0.15) is 21.5 Å². The second-order valence-corrected chi connectivity index (χ2v) is 5.29. The Labute approximate surface area is 139 Å². The van der Waals surface area contributed by atoms with E-state index in [0.29, 0.717) is 23.7 Å². The lowest BCUT2D eigenvalue weighted by atomic mass is 10.1. The molecule has 0 saturated carbocycles. The number of hydrogen-bond donors (Lipinski definition) is 1. The van der Waals surface area contributed by atoms with E-state index in [2.05, 4.69) is 15.0 Å². The van der Waals surface area contributed by atoms with Crippen molar-refractivity contribution in [3.05, 3.63) is 71.8 Å². The van der Waals surface area contributed by atoms with Gasteiger partial charge in [-0.2, -0.15) is 0 Å². The lowest BCUT2D eigenvalue weighted by Gasteiger charge is -2.10. The van der Waals surface area contributed by atoms with Crippen molar-refractivity contribution in [2.24, 2.45) is 5.73 Å². The minimum atomic E-state index is -0.482. The summed E-state index contributed by atoms with van der Waals surface area (Å²) < 4.78 is 5.82. The molecule has 0 bridgehead atoms. The number of hydrogen-bond acceptors (Lipinski definition) is 5. The van der Waals surface area contributed by atoms with Crippen LogP contribution in [0.25, 0.3) is 11.4 Å². The molecule has 0 fully saturated rings. The van der Waals surface area contributed by atoms with Gasteiger partial charge in [0.25, 0.3) is 0 Å². The third-order valence-corrected chi connectivity index (χ3v) is 3.49. The van der Waals surface area contributed by atoms with Gasteiger partial charge in [-0.3, -0.25) is 9.78 Å². The zero-order valence-corrected chi connectivity index (χ0v) is 13.1. The molecule has 2 heterocycles. The second-order valence-electron chi connectivity index (χ2n) is 5.29. The van der Waals surface area contributed by atoms with Crippen LogP contribution in [0.3, 0.4) is 0 Å². The van der Waals surface area contributed by atoms with Gasteiger partial charge in [0.05, 0.1) is 0 Å². The van der Waals surface area contributed by atoms with Gasteiger partial charge in [0.2, 0.25) is 5.91 Å². The average molecular weight is 320 g/mol. The maximum absolute atomic E-state index is 11.3. The van der Waals surface area contributed by atoms with Crippen molar-refractivity contribution in [2.45, 2.75) is 13.5 Å². The lowest BCUT2D eigenvalue weighted by Crippen LogP contribution is -2.11. The number of aryl methyl sites for hydroxylation is 1. The summed E-state index contributed by atoms with van der Waals surface area (Å²) in [6, 6.07) is 8.82. The molecular weight excluding hydrogens is 304 g/mol. The number of amides is 1. The maximum atomic E-state index is 11.3. The minimum Gasteiger partial charge on any atom is -0.489 e. The standard InChI is InChI=1S/C18H16N4O2/c1-12-3-4-14(17(19)23)8-16(12)24-11-13-7-15(10-20-9-13)18-21-5-2-6-22-18/h2-10H,11H2,1H3,(H2,19,23). The van der Waals surface area contributed by atoms with E-state index in [1.807, 2.05) is 19.1 Å². The molecule has 0 atom stereocenters. The summed E-state index contributed by atoms with van der Waals surface area (Å²) in [7, 11) is 0. The summed E-state index contributed by atoms with van der Waals surface area (Å²) >= 11 is 0. The lowest BCUT2D eigenvalue weighted by molar-refractivity contribution is 0.1000. The van der Waals surface area contributed by atoms with Crippen molar-refractivity contribution in [1.82, 2.24) is 15.0 Å². The average Bonchev–Trinajstić information content (AvgIpc) is 2.62. The smallest absolute Gasteiger partial charge is 0.248 e. The fourth-order valence-electron chi connectivity index (χ4n) is 2.21. The Morgan fingerprint density at radius 1 is 1.17 bits per heavy atom. The highest BCUT2D eigenvalue weighted by atomic mass is 16.5. The van der Waals surface area contributed by atoms with Crippen LogP contribution < -0.4 is 10.5 Å². The molecule has 6 heteroatoms. The number of pyridine rings is 1. The van der Waals surface area contributed by atoms with E-state index in [4.69, 9.17) is 10.5 Å². The predicted octanol–water partition coefficient (Wildman–Crippen LogP) is 2.52. The molecular formula is C18H16N4O2. The van der Waals surface area contributed by atoms with Crippen molar-refractivity contribution in [2.75, 3.05) is 0 Å². The molecule has 120 valence electrons. The van der Waals surface area contributed by atoms with Gasteiger partial charge >= 0.3 is 0 Å². The Hall–Kier alpha value is -3.28. The summed E-state index contributed by atoms with van der Waals surface area (Å²) in [6.45, 7) is 2.23. The van der Waals surface area contributed by atoms with Gasteiger partial charge in [0, 0.05) is 41.5 Å². The highest BCUT2D eigenvalue weighted by molar-refractivity contribution is 5.93. The summed E-state index contributed by atoms with van der Waals surface area (Å²) in [5, 5.41) is 0. The normalized spacial score (nSPS) is 10.4. The van der Waals surface area contributed by atoms with Crippen molar-refractivity contribution in [3.8, 4) is 17.1 Å². The van der Waals surface area contributed by atoms with Crippen LogP contribution in [0.2, 0.25) is 0 Å². The van der Waals surface area contributed by atoms with E-state index in [-0.39, 0.29) is 0 Å². The van der Waals surface area contributed by atoms with E-state index in [0.717, 1.165) is 16.7 Å². The Balaban J connectivity index is 1.78. The fraction of sp³-hybridized carbons (Fsp3) is 0.111. The zero-order valence-electron chi connectivity index (χ0n) is 13.1. The third-order valence-electron chi connectivity index (χ3n) is 3.49. The molecule has 24 heavy (non-hydrogen) atoms. The Bertz CT molecular complexity index is 866. The molecule has 2 aromatic heterocycles. The molecule has 2 N–H and O–H groups in total. The molecule has 1 aromatic carbocycles.